The number of hydrogen-bond donors (Lipinski definition) is 2. The quantitative estimate of drug-likeness (QED) is 0.672. The molecule has 2 amide bonds. The standard InChI is InChI=1S/C22H24N4O3/c27-22(24-10-11-26-12-14-28-15-13-26)25-21-8-9-23-20-7-6-18(16-19(20)21)29-17-4-2-1-3-5-17/h1-9,16H,10-15H2,(H2,23,24,25,27). The van der Waals surface area contributed by atoms with Crippen LogP contribution < -0.4 is 15.4 Å². The van der Waals surface area contributed by atoms with Crippen LogP contribution >= 0.6 is 0 Å². The second-order valence-electron chi connectivity index (χ2n) is 6.79. The van der Waals surface area contributed by atoms with Gasteiger partial charge in [-0.1, -0.05) is 18.2 Å². The average molecular weight is 392 g/mol. The number of ether oxygens (including phenoxy) is 2. The summed E-state index contributed by atoms with van der Waals surface area (Å²) in [4.78, 5) is 19.0. The van der Waals surface area contributed by atoms with Crippen molar-refractivity contribution in [1.29, 1.82) is 0 Å². The van der Waals surface area contributed by atoms with Gasteiger partial charge in [-0.15, -0.1) is 0 Å². The average Bonchev–Trinajstić information content (AvgIpc) is 2.76. The molecule has 0 spiro atoms. The molecule has 0 unspecified atom stereocenters. The highest BCUT2D eigenvalue weighted by Crippen LogP contribution is 2.28. The lowest BCUT2D eigenvalue weighted by Crippen LogP contribution is -2.42. The van der Waals surface area contributed by atoms with Gasteiger partial charge < -0.3 is 20.1 Å². The van der Waals surface area contributed by atoms with Crippen molar-refractivity contribution >= 4 is 22.6 Å². The molecule has 3 aromatic rings. The van der Waals surface area contributed by atoms with Crippen LogP contribution in [0, 0.1) is 0 Å². The highest BCUT2D eigenvalue weighted by atomic mass is 16.5. The highest BCUT2D eigenvalue weighted by molar-refractivity contribution is 6.00. The van der Waals surface area contributed by atoms with E-state index >= 15 is 0 Å². The first-order chi connectivity index (χ1) is 14.3. The number of carbonyl (C=O) groups excluding carboxylic acids is 1. The largest absolute Gasteiger partial charge is 0.457 e. The number of para-hydroxylation sites is 1. The van der Waals surface area contributed by atoms with Gasteiger partial charge in [-0.2, -0.15) is 0 Å². The molecule has 0 aliphatic carbocycles. The van der Waals surface area contributed by atoms with Crippen molar-refractivity contribution in [3.8, 4) is 11.5 Å². The normalized spacial score (nSPS) is 14.5. The summed E-state index contributed by atoms with van der Waals surface area (Å²) in [6.45, 7) is 4.70. The van der Waals surface area contributed by atoms with E-state index in [0.29, 0.717) is 18.0 Å². The van der Waals surface area contributed by atoms with E-state index in [-0.39, 0.29) is 6.03 Å². The van der Waals surface area contributed by atoms with Gasteiger partial charge in [-0.25, -0.2) is 4.79 Å². The van der Waals surface area contributed by atoms with Crippen LogP contribution in [0.3, 0.4) is 0 Å². The molecule has 7 nitrogen and oxygen atoms in total. The molecule has 150 valence electrons. The number of fused-ring (bicyclic) bond motifs is 1. The Morgan fingerprint density at radius 1 is 1.07 bits per heavy atom. The lowest BCUT2D eigenvalue weighted by atomic mass is 10.2. The lowest BCUT2D eigenvalue weighted by Gasteiger charge is -2.26. The summed E-state index contributed by atoms with van der Waals surface area (Å²) in [5.74, 6) is 1.44. The van der Waals surface area contributed by atoms with Crippen molar-refractivity contribution in [2.45, 2.75) is 0 Å². The van der Waals surface area contributed by atoms with E-state index in [9.17, 15) is 4.79 Å². The van der Waals surface area contributed by atoms with Crippen LogP contribution in [0.25, 0.3) is 10.9 Å². The van der Waals surface area contributed by atoms with Crippen molar-refractivity contribution in [3.05, 3.63) is 60.8 Å². The zero-order chi connectivity index (χ0) is 19.9. The van der Waals surface area contributed by atoms with Gasteiger partial charge >= 0.3 is 6.03 Å². The fourth-order valence-electron chi connectivity index (χ4n) is 3.24. The minimum atomic E-state index is -0.236. The van der Waals surface area contributed by atoms with Crippen LogP contribution in [0.2, 0.25) is 0 Å². The minimum absolute atomic E-state index is 0.236. The SMILES string of the molecule is O=C(NCCN1CCOCC1)Nc1ccnc2ccc(Oc3ccccc3)cc12. The fourth-order valence-corrected chi connectivity index (χ4v) is 3.24. The summed E-state index contributed by atoms with van der Waals surface area (Å²) in [6.07, 6.45) is 1.68. The van der Waals surface area contributed by atoms with E-state index in [4.69, 9.17) is 9.47 Å². The number of nitrogens with one attached hydrogen (secondary N) is 2. The van der Waals surface area contributed by atoms with Crippen LogP contribution in [0.5, 0.6) is 11.5 Å². The van der Waals surface area contributed by atoms with Crippen LogP contribution in [0.4, 0.5) is 10.5 Å². The molecule has 4 rings (SSSR count). The number of nitrogens with zero attached hydrogens (tertiary/aromatic N) is 2. The van der Waals surface area contributed by atoms with Crippen LogP contribution in [-0.4, -0.2) is 55.3 Å². The molecule has 2 N–H and O–H groups in total. The van der Waals surface area contributed by atoms with Gasteiger partial charge in [-0.05, 0) is 36.4 Å². The monoisotopic (exact) mass is 392 g/mol. The van der Waals surface area contributed by atoms with Crippen LogP contribution in [-0.2, 0) is 4.74 Å². The summed E-state index contributed by atoms with van der Waals surface area (Å²) in [6, 6.07) is 16.8. The second-order valence-corrected chi connectivity index (χ2v) is 6.79. The summed E-state index contributed by atoms with van der Waals surface area (Å²) in [7, 11) is 0. The zero-order valence-corrected chi connectivity index (χ0v) is 16.1. The van der Waals surface area contributed by atoms with Gasteiger partial charge in [0.15, 0.2) is 0 Å². The van der Waals surface area contributed by atoms with Crippen molar-refractivity contribution in [2.75, 3.05) is 44.7 Å². The maximum absolute atomic E-state index is 12.4. The first-order valence-corrected chi connectivity index (χ1v) is 9.74. The molecule has 0 atom stereocenters. The Morgan fingerprint density at radius 3 is 2.72 bits per heavy atom. The molecule has 1 fully saturated rings. The third kappa shape index (κ3) is 5.22. The third-order valence-electron chi connectivity index (χ3n) is 4.76. The summed E-state index contributed by atoms with van der Waals surface area (Å²) in [5, 5.41) is 6.66. The highest BCUT2D eigenvalue weighted by Gasteiger charge is 2.11. The Morgan fingerprint density at radius 2 is 1.90 bits per heavy atom. The first kappa shape index (κ1) is 19.2. The van der Waals surface area contributed by atoms with E-state index < -0.39 is 0 Å². The Hall–Kier alpha value is -3.16. The summed E-state index contributed by atoms with van der Waals surface area (Å²) >= 11 is 0. The topological polar surface area (TPSA) is 75.7 Å². The molecule has 2 heterocycles. The van der Waals surface area contributed by atoms with Gasteiger partial charge in [0.2, 0.25) is 0 Å². The van der Waals surface area contributed by atoms with Gasteiger partial charge in [0.05, 0.1) is 24.4 Å². The molecule has 1 aromatic heterocycles. The smallest absolute Gasteiger partial charge is 0.319 e. The van der Waals surface area contributed by atoms with E-state index in [2.05, 4.69) is 20.5 Å². The third-order valence-corrected chi connectivity index (χ3v) is 4.76. The van der Waals surface area contributed by atoms with Gasteiger partial charge in [0.25, 0.3) is 0 Å². The van der Waals surface area contributed by atoms with Crippen LogP contribution in [0.1, 0.15) is 0 Å². The Kier molecular flexibility index (Phi) is 6.19. The Balaban J connectivity index is 1.40. The molecule has 2 aromatic carbocycles. The molecule has 1 saturated heterocycles. The molecular weight excluding hydrogens is 368 g/mol. The van der Waals surface area contributed by atoms with Crippen LogP contribution in [0.15, 0.2) is 60.8 Å². The molecule has 1 aliphatic rings. The number of rotatable bonds is 6. The van der Waals surface area contributed by atoms with E-state index in [1.54, 1.807) is 12.3 Å². The number of anilines is 1. The molecule has 29 heavy (non-hydrogen) atoms. The first-order valence-electron chi connectivity index (χ1n) is 9.74. The molecular formula is C22H24N4O3. The second kappa shape index (κ2) is 9.36. The van der Waals surface area contributed by atoms with Crippen molar-refractivity contribution < 1.29 is 14.3 Å². The number of urea groups is 1. The fraction of sp³-hybridized carbons (Fsp3) is 0.273. The number of amides is 2. The van der Waals surface area contributed by atoms with E-state index in [0.717, 1.165) is 49.5 Å². The van der Waals surface area contributed by atoms with E-state index in [1.807, 2.05) is 48.5 Å². The lowest BCUT2D eigenvalue weighted by molar-refractivity contribution is 0.0388. The van der Waals surface area contributed by atoms with Gasteiger partial charge in [0.1, 0.15) is 11.5 Å². The molecule has 0 saturated carbocycles. The predicted octanol–water partition coefficient (Wildman–Crippen LogP) is 3.48. The van der Waals surface area contributed by atoms with Crippen molar-refractivity contribution in [2.24, 2.45) is 0 Å². The number of pyridine rings is 1. The summed E-state index contributed by atoms with van der Waals surface area (Å²) < 4.78 is 11.2. The van der Waals surface area contributed by atoms with E-state index in [1.165, 1.54) is 0 Å². The maximum Gasteiger partial charge on any atom is 0.319 e. The Labute approximate surface area is 169 Å². The maximum atomic E-state index is 12.4. The van der Waals surface area contributed by atoms with Gasteiger partial charge in [-0.3, -0.25) is 9.88 Å². The summed E-state index contributed by atoms with van der Waals surface area (Å²) in [5.41, 5.74) is 1.48. The predicted molar refractivity (Wildman–Crippen MR) is 113 cm³/mol. The number of carbonyl (C=O) groups is 1. The number of morpholine rings is 1. The molecule has 0 radical (unpaired) electrons. The van der Waals surface area contributed by atoms with Gasteiger partial charge in [0, 0.05) is 37.8 Å². The van der Waals surface area contributed by atoms with Crippen molar-refractivity contribution in [3.63, 3.8) is 0 Å². The number of aromatic nitrogens is 1. The molecule has 7 heteroatoms. The molecule has 0 bridgehead atoms. The molecule has 1 aliphatic heterocycles. The number of hydrogen-bond acceptors (Lipinski definition) is 5. The number of benzene rings is 2. The Bertz CT molecular complexity index is 959. The minimum Gasteiger partial charge on any atom is -0.457 e. The zero-order valence-electron chi connectivity index (χ0n) is 16.1. The van der Waals surface area contributed by atoms with Crippen molar-refractivity contribution in [1.82, 2.24) is 15.2 Å².